The summed E-state index contributed by atoms with van der Waals surface area (Å²) in [7, 11) is 0. The van der Waals surface area contributed by atoms with Gasteiger partial charge in [0.05, 0.1) is 38.6 Å². The minimum absolute atomic E-state index is 1.16. The van der Waals surface area contributed by atoms with Crippen LogP contribution in [-0.2, 0) is 0 Å². The Labute approximate surface area is 327 Å². The maximum atomic E-state index is 2.47. The lowest BCUT2D eigenvalue weighted by atomic mass is 9.97. The van der Waals surface area contributed by atoms with Gasteiger partial charge in [-0.2, -0.15) is 0 Å². The Morgan fingerprint density at radius 1 is 0.228 bits per heavy atom. The molecule has 13 aromatic rings. The molecular formula is C54H33N3. The van der Waals surface area contributed by atoms with Gasteiger partial charge in [-0.05, 0) is 95.1 Å². The van der Waals surface area contributed by atoms with Gasteiger partial charge in [-0.3, -0.25) is 0 Å². The van der Waals surface area contributed by atoms with E-state index in [-0.39, 0.29) is 0 Å². The second-order valence-corrected chi connectivity index (χ2v) is 15.3. The van der Waals surface area contributed by atoms with E-state index in [1.54, 1.807) is 0 Å². The first kappa shape index (κ1) is 30.7. The summed E-state index contributed by atoms with van der Waals surface area (Å²) in [4.78, 5) is 0. The zero-order valence-electron chi connectivity index (χ0n) is 30.9. The molecule has 0 aliphatic heterocycles. The van der Waals surface area contributed by atoms with Gasteiger partial charge in [0.1, 0.15) is 0 Å². The van der Waals surface area contributed by atoms with Crippen LogP contribution in [0.2, 0.25) is 0 Å². The van der Waals surface area contributed by atoms with E-state index in [2.05, 4.69) is 214 Å². The third-order valence-corrected chi connectivity index (χ3v) is 12.4. The molecule has 0 fully saturated rings. The fourth-order valence-electron chi connectivity index (χ4n) is 9.87. The highest BCUT2D eigenvalue weighted by Crippen LogP contribution is 2.42. The molecule has 0 atom stereocenters. The fraction of sp³-hybridized carbons (Fsp3) is 0. The molecule has 0 saturated carbocycles. The Balaban J connectivity index is 0.953. The van der Waals surface area contributed by atoms with Crippen molar-refractivity contribution in [2.75, 3.05) is 0 Å². The smallest absolute Gasteiger partial charge is 0.0620 e. The Hall–Kier alpha value is -7.62. The van der Waals surface area contributed by atoms with Gasteiger partial charge in [0.2, 0.25) is 0 Å². The minimum Gasteiger partial charge on any atom is -0.309 e. The van der Waals surface area contributed by atoms with E-state index in [1.165, 1.54) is 110 Å². The summed E-state index contributed by atoms with van der Waals surface area (Å²) in [6, 6.07) is 73.7. The minimum atomic E-state index is 1.16. The number of para-hydroxylation sites is 5. The first-order chi connectivity index (χ1) is 28.3. The maximum absolute atomic E-state index is 2.47. The van der Waals surface area contributed by atoms with Crippen molar-refractivity contribution in [3.05, 3.63) is 200 Å². The van der Waals surface area contributed by atoms with E-state index in [0.29, 0.717) is 0 Å². The van der Waals surface area contributed by atoms with Crippen molar-refractivity contribution in [2.45, 2.75) is 0 Å². The topological polar surface area (TPSA) is 14.3 Å². The first-order valence-corrected chi connectivity index (χ1v) is 19.7. The van der Waals surface area contributed by atoms with Gasteiger partial charge >= 0.3 is 0 Å². The van der Waals surface area contributed by atoms with E-state index in [4.69, 9.17) is 0 Å². The number of aromatic nitrogens is 3. The number of hydrogen-bond acceptors (Lipinski definition) is 0. The zero-order valence-corrected chi connectivity index (χ0v) is 30.9. The summed E-state index contributed by atoms with van der Waals surface area (Å²) >= 11 is 0. The van der Waals surface area contributed by atoms with Crippen molar-refractivity contribution in [1.82, 2.24) is 13.5 Å². The van der Waals surface area contributed by atoms with Crippen LogP contribution in [0.5, 0.6) is 0 Å². The van der Waals surface area contributed by atoms with Crippen molar-refractivity contribution in [1.29, 1.82) is 0 Å². The van der Waals surface area contributed by atoms with E-state index < -0.39 is 0 Å². The molecule has 0 spiro atoms. The predicted octanol–water partition coefficient (Wildman–Crippen LogP) is 14.4. The van der Waals surface area contributed by atoms with E-state index in [1.807, 2.05) is 0 Å². The van der Waals surface area contributed by atoms with Gasteiger partial charge < -0.3 is 13.5 Å². The van der Waals surface area contributed by atoms with Crippen molar-refractivity contribution in [3.63, 3.8) is 0 Å². The summed E-state index contributed by atoms with van der Waals surface area (Å²) < 4.78 is 7.29. The molecule has 264 valence electrons. The van der Waals surface area contributed by atoms with Crippen LogP contribution in [0, 0.1) is 0 Å². The molecular weight excluding hydrogens is 691 g/mol. The van der Waals surface area contributed by atoms with Crippen LogP contribution in [0.4, 0.5) is 0 Å². The van der Waals surface area contributed by atoms with Gasteiger partial charge in [0.25, 0.3) is 0 Å². The third kappa shape index (κ3) is 4.26. The average Bonchev–Trinajstić information content (AvgIpc) is 4.00. The van der Waals surface area contributed by atoms with E-state index >= 15 is 0 Å². The highest BCUT2D eigenvalue weighted by molar-refractivity contribution is 6.23. The summed E-state index contributed by atoms with van der Waals surface area (Å²) in [6.07, 6.45) is 0. The van der Waals surface area contributed by atoms with Crippen molar-refractivity contribution < 1.29 is 0 Å². The molecule has 0 radical (unpaired) electrons. The summed E-state index contributed by atoms with van der Waals surface area (Å²) in [5.74, 6) is 0. The third-order valence-electron chi connectivity index (χ3n) is 12.4. The van der Waals surface area contributed by atoms with Gasteiger partial charge in [-0.15, -0.1) is 0 Å². The molecule has 13 rings (SSSR count). The number of rotatable bonds is 4. The van der Waals surface area contributed by atoms with Gasteiger partial charge in [-0.25, -0.2) is 0 Å². The molecule has 9 aromatic carbocycles. The molecule has 4 aromatic heterocycles. The summed E-state index contributed by atoms with van der Waals surface area (Å²) in [5, 5.41) is 10.2. The SMILES string of the molecule is c1ccc(-n2c3ccccc3c3cc(-c4cccc(-c5ccc6c(c5)c5ccccc5n6-c5ccc6c7cccc8c9ccccc9n(c6c5)c87)c4)ccc32)cc1. The molecule has 0 aliphatic carbocycles. The molecule has 0 unspecified atom stereocenters. The summed E-state index contributed by atoms with van der Waals surface area (Å²) in [6.45, 7) is 0. The van der Waals surface area contributed by atoms with E-state index in [0.717, 1.165) is 5.69 Å². The fourth-order valence-corrected chi connectivity index (χ4v) is 9.87. The van der Waals surface area contributed by atoms with E-state index in [9.17, 15) is 0 Å². The molecule has 3 nitrogen and oxygen atoms in total. The number of benzene rings is 9. The van der Waals surface area contributed by atoms with Gasteiger partial charge in [-0.1, -0.05) is 127 Å². The van der Waals surface area contributed by atoms with Crippen LogP contribution < -0.4 is 0 Å². The zero-order chi connectivity index (χ0) is 37.2. The second kappa shape index (κ2) is 11.5. The lowest BCUT2D eigenvalue weighted by Crippen LogP contribution is -1.94. The Morgan fingerprint density at radius 2 is 0.684 bits per heavy atom. The Bertz CT molecular complexity index is 3750. The number of nitrogens with zero attached hydrogens (tertiary/aromatic N) is 3. The maximum Gasteiger partial charge on any atom is 0.0620 e. The average molecular weight is 724 g/mol. The highest BCUT2D eigenvalue weighted by Gasteiger charge is 2.20. The number of fused-ring (bicyclic) bond motifs is 12. The lowest BCUT2D eigenvalue weighted by Gasteiger charge is -2.10. The standard InChI is InChI=1S/C54H33N3/c1-2-14-38(15-3-1)55-48-21-7-5-17-41(48)46-31-36(24-28-51(46)55)34-12-10-13-35(30-34)37-25-29-52-47(32-37)42-18-6-8-22-49(42)56(52)39-26-27-43-45-20-11-19-44-40-16-4-9-23-50(40)57(54(44)45)53(43)33-39/h1-33H. The van der Waals surface area contributed by atoms with Crippen molar-refractivity contribution in [2.24, 2.45) is 0 Å². The normalized spacial score (nSPS) is 12.2. The van der Waals surface area contributed by atoms with Crippen molar-refractivity contribution in [3.8, 4) is 33.6 Å². The molecule has 0 saturated heterocycles. The van der Waals surface area contributed by atoms with Crippen LogP contribution in [0.1, 0.15) is 0 Å². The monoisotopic (exact) mass is 723 g/mol. The molecule has 57 heavy (non-hydrogen) atoms. The molecule has 3 heteroatoms. The van der Waals surface area contributed by atoms with Crippen LogP contribution >= 0.6 is 0 Å². The molecule has 0 aliphatic rings. The van der Waals surface area contributed by atoms with Gasteiger partial charge in [0.15, 0.2) is 0 Å². The predicted molar refractivity (Wildman–Crippen MR) is 241 cm³/mol. The van der Waals surface area contributed by atoms with Crippen LogP contribution in [-0.4, -0.2) is 13.5 Å². The molecule has 0 bridgehead atoms. The van der Waals surface area contributed by atoms with Crippen LogP contribution in [0.3, 0.4) is 0 Å². The first-order valence-electron chi connectivity index (χ1n) is 19.7. The van der Waals surface area contributed by atoms with Crippen LogP contribution in [0.15, 0.2) is 200 Å². The highest BCUT2D eigenvalue weighted by atomic mass is 15.0. The molecule has 4 heterocycles. The largest absolute Gasteiger partial charge is 0.309 e. The molecule has 0 amide bonds. The molecule has 0 N–H and O–H groups in total. The van der Waals surface area contributed by atoms with Gasteiger partial charge in [0, 0.05) is 54.5 Å². The van der Waals surface area contributed by atoms with Crippen molar-refractivity contribution >= 4 is 81.7 Å². The van der Waals surface area contributed by atoms with Crippen LogP contribution in [0.25, 0.3) is 115 Å². The Morgan fingerprint density at radius 3 is 1.32 bits per heavy atom. The second-order valence-electron chi connectivity index (χ2n) is 15.3. The Kier molecular flexibility index (Phi) is 6.16. The summed E-state index contributed by atoms with van der Waals surface area (Å²) in [5.41, 5.74) is 15.8. The quantitative estimate of drug-likeness (QED) is 0.172. The number of hydrogen-bond donors (Lipinski definition) is 0. The lowest BCUT2D eigenvalue weighted by molar-refractivity contribution is 1.18.